The number of methoxy groups -OCH3 is 1. The van der Waals surface area contributed by atoms with Crippen LogP contribution in [0.3, 0.4) is 0 Å². The van der Waals surface area contributed by atoms with Crippen molar-refractivity contribution in [2.75, 3.05) is 33.5 Å². The van der Waals surface area contributed by atoms with Gasteiger partial charge in [0.05, 0.1) is 19.1 Å². The average molecular weight is 272 g/mol. The third-order valence-electron chi connectivity index (χ3n) is 4.09. The summed E-state index contributed by atoms with van der Waals surface area (Å²) in [6.07, 6.45) is 5.24. The van der Waals surface area contributed by atoms with E-state index >= 15 is 0 Å². The summed E-state index contributed by atoms with van der Waals surface area (Å²) in [6, 6.07) is 0. The van der Waals surface area contributed by atoms with Gasteiger partial charge in [-0.05, 0) is 38.5 Å². The van der Waals surface area contributed by atoms with Crippen molar-refractivity contribution in [3.05, 3.63) is 0 Å². The first-order valence-corrected chi connectivity index (χ1v) is 7.16. The van der Waals surface area contributed by atoms with Crippen molar-refractivity contribution >= 4 is 5.97 Å². The lowest BCUT2D eigenvalue weighted by molar-refractivity contribution is -0.177. The maximum Gasteiger partial charge on any atom is 0.312 e. The summed E-state index contributed by atoms with van der Waals surface area (Å²) in [6.45, 7) is 2.56. The van der Waals surface area contributed by atoms with Crippen molar-refractivity contribution in [2.45, 2.75) is 44.8 Å². The Morgan fingerprint density at radius 2 is 2.05 bits per heavy atom. The lowest BCUT2D eigenvalue weighted by atomic mass is 9.77. The van der Waals surface area contributed by atoms with E-state index in [4.69, 9.17) is 18.9 Å². The first-order chi connectivity index (χ1) is 9.27. The summed E-state index contributed by atoms with van der Waals surface area (Å²) in [4.78, 5) is 12.0. The van der Waals surface area contributed by atoms with Crippen molar-refractivity contribution in [3.8, 4) is 0 Å². The van der Waals surface area contributed by atoms with E-state index in [1.807, 2.05) is 0 Å². The Hall–Kier alpha value is -0.650. The fourth-order valence-corrected chi connectivity index (χ4v) is 2.76. The molecule has 2 aliphatic heterocycles. The van der Waals surface area contributed by atoms with Crippen LogP contribution in [0.25, 0.3) is 0 Å². The van der Waals surface area contributed by atoms with Gasteiger partial charge in [0, 0.05) is 19.8 Å². The van der Waals surface area contributed by atoms with Crippen molar-refractivity contribution < 1.29 is 23.7 Å². The van der Waals surface area contributed by atoms with Gasteiger partial charge in [-0.2, -0.15) is 0 Å². The molecular formula is C14H24O5. The van der Waals surface area contributed by atoms with Gasteiger partial charge in [-0.25, -0.2) is 0 Å². The largest absolute Gasteiger partial charge is 0.469 e. The van der Waals surface area contributed by atoms with Crippen LogP contribution >= 0.6 is 0 Å². The van der Waals surface area contributed by atoms with E-state index in [0.717, 1.165) is 25.9 Å². The van der Waals surface area contributed by atoms with Gasteiger partial charge in [0.2, 0.25) is 0 Å². The second-order valence-electron chi connectivity index (χ2n) is 5.30. The Labute approximate surface area is 114 Å². The zero-order chi connectivity index (χ0) is 13.6. The molecule has 1 atom stereocenters. The Kier molecular flexibility index (Phi) is 5.60. The van der Waals surface area contributed by atoms with E-state index in [-0.39, 0.29) is 12.3 Å². The molecule has 2 fully saturated rings. The van der Waals surface area contributed by atoms with Crippen LogP contribution < -0.4 is 0 Å². The summed E-state index contributed by atoms with van der Waals surface area (Å²) >= 11 is 0. The minimum Gasteiger partial charge on any atom is -0.469 e. The molecular weight excluding hydrogens is 248 g/mol. The van der Waals surface area contributed by atoms with Gasteiger partial charge in [0.25, 0.3) is 0 Å². The van der Waals surface area contributed by atoms with Gasteiger partial charge < -0.3 is 18.9 Å². The minimum absolute atomic E-state index is 0.0942. The normalized spacial score (nSPS) is 26.9. The van der Waals surface area contributed by atoms with Crippen molar-refractivity contribution in [1.29, 1.82) is 0 Å². The zero-order valence-corrected chi connectivity index (χ0v) is 11.7. The third kappa shape index (κ3) is 3.91. The number of carbonyl (C=O) groups is 1. The molecule has 0 radical (unpaired) electrons. The monoisotopic (exact) mass is 272 g/mol. The molecule has 2 saturated heterocycles. The molecule has 110 valence electrons. The first-order valence-electron chi connectivity index (χ1n) is 7.16. The highest BCUT2D eigenvalue weighted by atomic mass is 16.7. The predicted molar refractivity (Wildman–Crippen MR) is 68.7 cm³/mol. The molecule has 2 heterocycles. The molecule has 0 aromatic carbocycles. The van der Waals surface area contributed by atoms with E-state index < -0.39 is 5.41 Å². The Morgan fingerprint density at radius 3 is 2.68 bits per heavy atom. The lowest BCUT2D eigenvalue weighted by Crippen LogP contribution is -2.39. The summed E-state index contributed by atoms with van der Waals surface area (Å²) < 4.78 is 21.6. The number of esters is 1. The van der Waals surface area contributed by atoms with E-state index in [2.05, 4.69) is 0 Å². The molecule has 2 rings (SSSR count). The summed E-state index contributed by atoms with van der Waals surface area (Å²) in [5, 5.41) is 0. The second-order valence-corrected chi connectivity index (χ2v) is 5.30. The zero-order valence-electron chi connectivity index (χ0n) is 11.7. The van der Waals surface area contributed by atoms with E-state index in [1.54, 1.807) is 0 Å². The number of carbonyl (C=O) groups excluding carboxylic acids is 1. The molecule has 19 heavy (non-hydrogen) atoms. The number of hydrogen-bond acceptors (Lipinski definition) is 5. The van der Waals surface area contributed by atoms with Crippen molar-refractivity contribution in [1.82, 2.24) is 0 Å². The van der Waals surface area contributed by atoms with Gasteiger partial charge in [-0.3, -0.25) is 4.79 Å². The summed E-state index contributed by atoms with van der Waals surface area (Å²) in [5.74, 6) is -0.135. The fourth-order valence-electron chi connectivity index (χ4n) is 2.76. The molecule has 2 aliphatic rings. The maximum absolute atomic E-state index is 12.0. The molecule has 0 N–H and O–H groups in total. The van der Waals surface area contributed by atoms with E-state index in [1.165, 1.54) is 7.11 Å². The van der Waals surface area contributed by atoms with Crippen LogP contribution in [0.15, 0.2) is 0 Å². The third-order valence-corrected chi connectivity index (χ3v) is 4.09. The minimum atomic E-state index is -0.429. The van der Waals surface area contributed by atoms with Crippen LogP contribution in [-0.2, 0) is 23.7 Å². The van der Waals surface area contributed by atoms with Crippen LogP contribution in [0, 0.1) is 5.41 Å². The van der Waals surface area contributed by atoms with E-state index in [9.17, 15) is 4.79 Å². The quantitative estimate of drug-likeness (QED) is 0.715. The lowest BCUT2D eigenvalue weighted by Gasteiger charge is -2.34. The summed E-state index contributed by atoms with van der Waals surface area (Å²) in [7, 11) is 1.45. The highest BCUT2D eigenvalue weighted by molar-refractivity contribution is 5.76. The molecule has 1 unspecified atom stereocenters. The summed E-state index contributed by atoms with van der Waals surface area (Å²) in [5.41, 5.74) is -0.429. The molecule has 0 bridgehead atoms. The standard InChI is InChI=1S/C14H24O5/c1-16-13(15)14(5-9-17-10-6-14)7-11-19-12-4-2-3-8-18-12/h12H,2-11H2,1H3. The molecule has 5 heteroatoms. The number of ether oxygens (including phenoxy) is 4. The Bertz CT molecular complexity index is 280. The molecule has 0 aromatic heterocycles. The highest BCUT2D eigenvalue weighted by Gasteiger charge is 2.41. The van der Waals surface area contributed by atoms with Crippen molar-refractivity contribution in [3.63, 3.8) is 0 Å². The van der Waals surface area contributed by atoms with Gasteiger partial charge in [-0.1, -0.05) is 0 Å². The number of rotatable bonds is 5. The van der Waals surface area contributed by atoms with Gasteiger partial charge in [0.1, 0.15) is 0 Å². The predicted octanol–water partition coefficient (Wildman–Crippen LogP) is 1.89. The molecule has 0 aromatic rings. The average Bonchev–Trinajstić information content (AvgIpc) is 2.48. The molecule has 0 saturated carbocycles. The van der Waals surface area contributed by atoms with Crippen LogP contribution in [0.2, 0.25) is 0 Å². The van der Waals surface area contributed by atoms with Gasteiger partial charge in [-0.15, -0.1) is 0 Å². The molecule has 5 nitrogen and oxygen atoms in total. The smallest absolute Gasteiger partial charge is 0.312 e. The van der Waals surface area contributed by atoms with E-state index in [0.29, 0.717) is 39.1 Å². The van der Waals surface area contributed by atoms with Gasteiger partial charge >= 0.3 is 5.97 Å². The molecule has 0 aliphatic carbocycles. The van der Waals surface area contributed by atoms with Crippen LogP contribution in [0.5, 0.6) is 0 Å². The van der Waals surface area contributed by atoms with Crippen LogP contribution in [-0.4, -0.2) is 45.8 Å². The highest BCUT2D eigenvalue weighted by Crippen LogP contribution is 2.35. The fraction of sp³-hybridized carbons (Fsp3) is 0.929. The topological polar surface area (TPSA) is 54.0 Å². The number of hydrogen-bond donors (Lipinski definition) is 0. The van der Waals surface area contributed by atoms with Gasteiger partial charge in [0.15, 0.2) is 6.29 Å². The SMILES string of the molecule is COC(=O)C1(CCOC2CCCCO2)CCOCC1. The Balaban J connectivity index is 1.80. The van der Waals surface area contributed by atoms with Crippen LogP contribution in [0.4, 0.5) is 0 Å². The molecule has 0 spiro atoms. The van der Waals surface area contributed by atoms with Crippen LogP contribution in [0.1, 0.15) is 38.5 Å². The van der Waals surface area contributed by atoms with Crippen molar-refractivity contribution in [2.24, 2.45) is 5.41 Å². The Morgan fingerprint density at radius 1 is 1.26 bits per heavy atom. The maximum atomic E-state index is 12.0. The molecule has 0 amide bonds. The second kappa shape index (κ2) is 7.22. The first kappa shape index (κ1) is 14.8.